The summed E-state index contributed by atoms with van der Waals surface area (Å²) in [5.74, 6) is -0.0125. The highest BCUT2D eigenvalue weighted by atomic mass is 16.3. The Labute approximate surface area is 94.9 Å². The second kappa shape index (κ2) is 4.53. The third kappa shape index (κ3) is 2.02. The number of benzene rings is 1. The van der Waals surface area contributed by atoms with Crippen LogP contribution < -0.4 is 5.32 Å². The van der Waals surface area contributed by atoms with Crippen LogP contribution in [0.1, 0.15) is 16.8 Å². The van der Waals surface area contributed by atoms with Crippen molar-refractivity contribution in [3.05, 3.63) is 29.8 Å². The number of amides is 1. The standard InChI is InChI=1S/C12H16N2O2/c1-13-11-5-3-2-4-10(11)12(16)14-7-6-9(15)8-14/h2-5,9,13,15H,6-8H2,1H3/t9-/m0/s1. The first-order valence-corrected chi connectivity index (χ1v) is 5.46. The number of aliphatic hydroxyl groups excluding tert-OH is 1. The SMILES string of the molecule is CNc1ccccc1C(=O)N1CC[C@H](O)C1. The van der Waals surface area contributed by atoms with Gasteiger partial charge in [0, 0.05) is 25.8 Å². The molecule has 0 aromatic heterocycles. The molecule has 1 amide bonds. The maximum absolute atomic E-state index is 12.1. The van der Waals surface area contributed by atoms with Crippen LogP contribution in [0.5, 0.6) is 0 Å². The van der Waals surface area contributed by atoms with Gasteiger partial charge in [0.2, 0.25) is 0 Å². The molecule has 2 rings (SSSR count). The summed E-state index contributed by atoms with van der Waals surface area (Å²) in [6.07, 6.45) is 0.304. The van der Waals surface area contributed by atoms with E-state index in [9.17, 15) is 9.90 Å². The molecule has 0 aliphatic carbocycles. The van der Waals surface area contributed by atoms with Crippen LogP contribution in [-0.2, 0) is 0 Å². The molecule has 1 aliphatic heterocycles. The van der Waals surface area contributed by atoms with Crippen LogP contribution in [0.25, 0.3) is 0 Å². The largest absolute Gasteiger partial charge is 0.391 e. The quantitative estimate of drug-likeness (QED) is 0.779. The van der Waals surface area contributed by atoms with Crippen LogP contribution in [0.15, 0.2) is 24.3 Å². The molecule has 4 nitrogen and oxygen atoms in total. The van der Waals surface area contributed by atoms with Crippen molar-refractivity contribution in [3.63, 3.8) is 0 Å². The number of aliphatic hydroxyl groups is 1. The number of carbonyl (C=O) groups is 1. The predicted octanol–water partition coefficient (Wildman–Crippen LogP) is 0.935. The number of rotatable bonds is 2. The summed E-state index contributed by atoms with van der Waals surface area (Å²) in [4.78, 5) is 13.8. The van der Waals surface area contributed by atoms with Crippen LogP contribution in [0.3, 0.4) is 0 Å². The molecule has 0 bridgehead atoms. The minimum absolute atomic E-state index is 0.0125. The van der Waals surface area contributed by atoms with Gasteiger partial charge in [0.15, 0.2) is 0 Å². The van der Waals surface area contributed by atoms with Gasteiger partial charge in [0.05, 0.1) is 11.7 Å². The van der Waals surface area contributed by atoms with Crippen LogP contribution in [0, 0.1) is 0 Å². The zero-order valence-electron chi connectivity index (χ0n) is 9.31. The van der Waals surface area contributed by atoms with Crippen molar-refractivity contribution in [2.75, 3.05) is 25.5 Å². The lowest BCUT2D eigenvalue weighted by Crippen LogP contribution is -2.30. The van der Waals surface area contributed by atoms with Gasteiger partial charge in [-0.3, -0.25) is 4.79 Å². The van der Waals surface area contributed by atoms with E-state index in [1.54, 1.807) is 18.0 Å². The van der Waals surface area contributed by atoms with Gasteiger partial charge < -0.3 is 15.3 Å². The zero-order valence-corrected chi connectivity index (χ0v) is 9.31. The molecular formula is C12H16N2O2. The van der Waals surface area contributed by atoms with Gasteiger partial charge in [-0.25, -0.2) is 0 Å². The van der Waals surface area contributed by atoms with Crippen molar-refractivity contribution in [1.29, 1.82) is 0 Å². The fraction of sp³-hybridized carbons (Fsp3) is 0.417. The topological polar surface area (TPSA) is 52.6 Å². The minimum atomic E-state index is -0.370. The first-order valence-electron chi connectivity index (χ1n) is 5.46. The maximum atomic E-state index is 12.1. The molecule has 4 heteroatoms. The molecule has 1 saturated heterocycles. The molecular weight excluding hydrogens is 204 g/mol. The molecule has 0 unspecified atom stereocenters. The van der Waals surface area contributed by atoms with Crippen LogP contribution in [-0.4, -0.2) is 42.2 Å². The zero-order chi connectivity index (χ0) is 11.5. The summed E-state index contributed by atoms with van der Waals surface area (Å²) in [6.45, 7) is 1.08. The number of nitrogens with zero attached hydrogens (tertiary/aromatic N) is 1. The Bertz CT molecular complexity index is 392. The lowest BCUT2D eigenvalue weighted by atomic mass is 10.1. The van der Waals surface area contributed by atoms with Crippen molar-refractivity contribution in [2.24, 2.45) is 0 Å². The number of likely N-dealkylation sites (tertiary alicyclic amines) is 1. The number of nitrogens with one attached hydrogen (secondary N) is 1. The Kier molecular flexibility index (Phi) is 3.10. The first-order chi connectivity index (χ1) is 7.72. The summed E-state index contributed by atoms with van der Waals surface area (Å²) >= 11 is 0. The second-order valence-electron chi connectivity index (χ2n) is 3.99. The van der Waals surface area contributed by atoms with Crippen molar-refractivity contribution in [2.45, 2.75) is 12.5 Å². The van der Waals surface area contributed by atoms with Crippen molar-refractivity contribution >= 4 is 11.6 Å². The average molecular weight is 220 g/mol. The number of para-hydroxylation sites is 1. The second-order valence-corrected chi connectivity index (χ2v) is 3.99. The van der Waals surface area contributed by atoms with Crippen LogP contribution in [0.4, 0.5) is 5.69 Å². The maximum Gasteiger partial charge on any atom is 0.256 e. The first kappa shape index (κ1) is 11.0. The Hall–Kier alpha value is -1.55. The van der Waals surface area contributed by atoms with Crippen LogP contribution >= 0.6 is 0 Å². The van der Waals surface area contributed by atoms with Gasteiger partial charge in [-0.05, 0) is 18.6 Å². The highest BCUT2D eigenvalue weighted by Gasteiger charge is 2.26. The van der Waals surface area contributed by atoms with Gasteiger partial charge in [-0.2, -0.15) is 0 Å². The van der Waals surface area contributed by atoms with E-state index in [0.29, 0.717) is 25.1 Å². The molecule has 0 saturated carbocycles. The monoisotopic (exact) mass is 220 g/mol. The fourth-order valence-electron chi connectivity index (χ4n) is 1.98. The Morgan fingerprint density at radius 1 is 1.50 bits per heavy atom. The third-order valence-corrected chi connectivity index (χ3v) is 2.88. The summed E-state index contributed by atoms with van der Waals surface area (Å²) in [6, 6.07) is 7.42. The van der Waals surface area contributed by atoms with E-state index in [4.69, 9.17) is 0 Å². The Morgan fingerprint density at radius 3 is 2.88 bits per heavy atom. The number of hydrogen-bond donors (Lipinski definition) is 2. The van der Waals surface area contributed by atoms with E-state index >= 15 is 0 Å². The van der Waals surface area contributed by atoms with E-state index in [2.05, 4.69) is 5.32 Å². The van der Waals surface area contributed by atoms with E-state index in [-0.39, 0.29) is 12.0 Å². The summed E-state index contributed by atoms with van der Waals surface area (Å²) in [7, 11) is 1.80. The minimum Gasteiger partial charge on any atom is -0.391 e. The van der Waals surface area contributed by atoms with Gasteiger partial charge in [0.1, 0.15) is 0 Å². The van der Waals surface area contributed by atoms with Crippen molar-refractivity contribution < 1.29 is 9.90 Å². The van der Waals surface area contributed by atoms with Gasteiger partial charge in [0.25, 0.3) is 5.91 Å². The highest BCUT2D eigenvalue weighted by Crippen LogP contribution is 2.19. The van der Waals surface area contributed by atoms with Crippen molar-refractivity contribution in [1.82, 2.24) is 4.90 Å². The normalized spacial score (nSPS) is 19.9. The van der Waals surface area contributed by atoms with E-state index in [1.807, 2.05) is 18.2 Å². The Morgan fingerprint density at radius 2 is 2.25 bits per heavy atom. The van der Waals surface area contributed by atoms with Gasteiger partial charge >= 0.3 is 0 Å². The number of carbonyl (C=O) groups excluding carboxylic acids is 1. The molecule has 1 atom stereocenters. The lowest BCUT2D eigenvalue weighted by Gasteiger charge is -2.17. The smallest absolute Gasteiger partial charge is 0.256 e. The molecule has 1 fully saturated rings. The van der Waals surface area contributed by atoms with E-state index in [0.717, 1.165) is 5.69 Å². The fourth-order valence-corrected chi connectivity index (χ4v) is 1.98. The number of β-amino-alcohol motifs (C(OH)–C–C–N with tert-alkyl or cyclic N) is 1. The lowest BCUT2D eigenvalue weighted by molar-refractivity contribution is 0.0766. The summed E-state index contributed by atoms with van der Waals surface area (Å²) in [5, 5.41) is 12.4. The summed E-state index contributed by atoms with van der Waals surface area (Å²) < 4.78 is 0. The van der Waals surface area contributed by atoms with E-state index < -0.39 is 0 Å². The molecule has 1 aromatic rings. The molecule has 1 heterocycles. The number of anilines is 1. The third-order valence-electron chi connectivity index (χ3n) is 2.88. The van der Waals surface area contributed by atoms with Gasteiger partial charge in [-0.1, -0.05) is 12.1 Å². The Balaban J connectivity index is 2.20. The predicted molar refractivity (Wildman–Crippen MR) is 62.5 cm³/mol. The number of hydrogen-bond acceptors (Lipinski definition) is 3. The van der Waals surface area contributed by atoms with E-state index in [1.165, 1.54) is 0 Å². The van der Waals surface area contributed by atoms with Gasteiger partial charge in [-0.15, -0.1) is 0 Å². The molecule has 0 radical (unpaired) electrons. The molecule has 2 N–H and O–H groups in total. The summed E-state index contributed by atoms with van der Waals surface area (Å²) in [5.41, 5.74) is 1.49. The van der Waals surface area contributed by atoms with Crippen LogP contribution in [0.2, 0.25) is 0 Å². The molecule has 1 aliphatic rings. The average Bonchev–Trinajstić information content (AvgIpc) is 2.75. The highest BCUT2D eigenvalue weighted by molar-refractivity contribution is 5.99. The molecule has 16 heavy (non-hydrogen) atoms. The molecule has 1 aromatic carbocycles. The molecule has 0 spiro atoms. The van der Waals surface area contributed by atoms with Crippen molar-refractivity contribution in [3.8, 4) is 0 Å². The molecule has 86 valence electrons.